The number of benzene rings is 2. The molecule has 0 bridgehead atoms. The van der Waals surface area contributed by atoms with E-state index in [0.29, 0.717) is 0 Å². The average Bonchev–Trinajstić information content (AvgIpc) is 2.64. The minimum absolute atomic E-state index is 0.955. The van der Waals surface area contributed by atoms with Gasteiger partial charge in [0.05, 0.1) is 0 Å². The van der Waals surface area contributed by atoms with Gasteiger partial charge in [-0.2, -0.15) is 0 Å². The molecule has 2 aromatic carbocycles. The van der Waals surface area contributed by atoms with Gasteiger partial charge in [-0.1, -0.05) is 54.6 Å². The van der Waals surface area contributed by atoms with Crippen molar-refractivity contribution in [2.45, 2.75) is 13.0 Å². The fourth-order valence-corrected chi connectivity index (χ4v) is 3.04. The van der Waals surface area contributed by atoms with Gasteiger partial charge in [0.25, 0.3) is 0 Å². The first-order valence-corrected chi connectivity index (χ1v) is 8.70. The van der Waals surface area contributed by atoms with Crippen LogP contribution in [0.3, 0.4) is 0 Å². The third-order valence-electron chi connectivity index (χ3n) is 4.43. The summed E-state index contributed by atoms with van der Waals surface area (Å²) in [6.07, 6.45) is 1.22. The molecule has 0 aliphatic carbocycles. The van der Waals surface area contributed by atoms with Crippen LogP contribution in [0.15, 0.2) is 54.6 Å². The van der Waals surface area contributed by atoms with Gasteiger partial charge in [0, 0.05) is 32.7 Å². The molecule has 122 valence electrons. The molecule has 1 aliphatic heterocycles. The van der Waals surface area contributed by atoms with E-state index >= 15 is 0 Å². The molecule has 23 heavy (non-hydrogen) atoms. The lowest BCUT2D eigenvalue weighted by Crippen LogP contribution is -2.44. The first-order valence-electron chi connectivity index (χ1n) is 8.70. The molecule has 1 fully saturated rings. The van der Waals surface area contributed by atoms with E-state index in [1.54, 1.807) is 0 Å². The predicted octanol–water partition coefficient (Wildman–Crippen LogP) is 2.74. The summed E-state index contributed by atoms with van der Waals surface area (Å²) in [5.41, 5.74) is 3.92. The minimum Gasteiger partial charge on any atom is -0.314 e. The minimum atomic E-state index is 0.955. The van der Waals surface area contributed by atoms with Crippen LogP contribution >= 0.6 is 0 Å². The number of hydrogen-bond acceptors (Lipinski definition) is 3. The van der Waals surface area contributed by atoms with Crippen LogP contribution in [0, 0.1) is 0 Å². The van der Waals surface area contributed by atoms with E-state index in [1.165, 1.54) is 42.7 Å². The Balaban J connectivity index is 1.37. The molecule has 3 rings (SSSR count). The predicted molar refractivity (Wildman–Crippen MR) is 97.5 cm³/mol. The summed E-state index contributed by atoms with van der Waals surface area (Å²) in [6, 6.07) is 19.4. The Morgan fingerprint density at radius 1 is 0.870 bits per heavy atom. The lowest BCUT2D eigenvalue weighted by Gasteiger charge is -2.27. The van der Waals surface area contributed by atoms with Gasteiger partial charge in [-0.15, -0.1) is 0 Å². The van der Waals surface area contributed by atoms with E-state index in [0.717, 1.165) is 26.2 Å². The van der Waals surface area contributed by atoms with Crippen molar-refractivity contribution in [3.63, 3.8) is 0 Å². The maximum atomic E-state index is 3.56. The van der Waals surface area contributed by atoms with Gasteiger partial charge in [-0.05, 0) is 36.2 Å². The molecule has 0 spiro atoms. The Kier molecular flexibility index (Phi) is 6.21. The highest BCUT2D eigenvalue weighted by atomic mass is 15.2. The summed E-state index contributed by atoms with van der Waals surface area (Å²) < 4.78 is 0. The van der Waals surface area contributed by atoms with E-state index < -0.39 is 0 Å². The van der Waals surface area contributed by atoms with E-state index in [2.05, 4.69) is 70.1 Å². The smallest absolute Gasteiger partial charge is 0.0205 e. The summed E-state index contributed by atoms with van der Waals surface area (Å²) in [4.78, 5) is 2.55. The number of piperazine rings is 1. The monoisotopic (exact) mass is 309 g/mol. The lowest BCUT2D eigenvalue weighted by atomic mass is 10.0. The van der Waals surface area contributed by atoms with Crippen molar-refractivity contribution in [2.24, 2.45) is 0 Å². The van der Waals surface area contributed by atoms with E-state index in [1.807, 2.05) is 0 Å². The lowest BCUT2D eigenvalue weighted by molar-refractivity contribution is 0.237. The van der Waals surface area contributed by atoms with Gasteiger partial charge >= 0.3 is 0 Å². The molecule has 0 atom stereocenters. The zero-order chi connectivity index (χ0) is 15.7. The molecule has 2 aromatic rings. The van der Waals surface area contributed by atoms with E-state index in [9.17, 15) is 0 Å². The molecule has 0 aromatic heterocycles. The van der Waals surface area contributed by atoms with Crippen molar-refractivity contribution in [3.05, 3.63) is 60.2 Å². The van der Waals surface area contributed by atoms with Crippen molar-refractivity contribution in [1.29, 1.82) is 0 Å². The van der Waals surface area contributed by atoms with Crippen molar-refractivity contribution >= 4 is 0 Å². The quantitative estimate of drug-likeness (QED) is 0.770. The fourth-order valence-electron chi connectivity index (χ4n) is 3.04. The second-order valence-corrected chi connectivity index (χ2v) is 6.18. The number of nitrogens with one attached hydrogen (secondary N) is 2. The van der Waals surface area contributed by atoms with Crippen LogP contribution in [0.2, 0.25) is 0 Å². The normalized spacial score (nSPS) is 15.7. The molecule has 1 saturated heterocycles. The van der Waals surface area contributed by atoms with Crippen LogP contribution in [0.25, 0.3) is 11.1 Å². The van der Waals surface area contributed by atoms with Crippen LogP contribution in [0.4, 0.5) is 0 Å². The summed E-state index contributed by atoms with van der Waals surface area (Å²) in [5.74, 6) is 0. The number of nitrogens with zero attached hydrogens (tertiary/aromatic N) is 1. The molecule has 0 unspecified atom stereocenters. The first-order chi connectivity index (χ1) is 11.4. The highest BCUT2D eigenvalue weighted by Crippen LogP contribution is 2.19. The van der Waals surface area contributed by atoms with Crippen molar-refractivity contribution in [3.8, 4) is 11.1 Å². The Morgan fingerprint density at radius 2 is 1.57 bits per heavy atom. The third kappa shape index (κ3) is 5.17. The first kappa shape index (κ1) is 16.2. The highest BCUT2D eigenvalue weighted by molar-refractivity contribution is 5.63. The van der Waals surface area contributed by atoms with Gasteiger partial charge in [0.2, 0.25) is 0 Å². The van der Waals surface area contributed by atoms with Crippen molar-refractivity contribution in [1.82, 2.24) is 15.5 Å². The van der Waals surface area contributed by atoms with Crippen LogP contribution in [0.5, 0.6) is 0 Å². The zero-order valence-corrected chi connectivity index (χ0v) is 13.8. The maximum absolute atomic E-state index is 3.56. The summed E-state index contributed by atoms with van der Waals surface area (Å²) in [5, 5.41) is 6.96. The van der Waals surface area contributed by atoms with Crippen molar-refractivity contribution < 1.29 is 0 Å². The molecule has 3 nitrogen and oxygen atoms in total. The number of rotatable bonds is 7. The molecule has 1 heterocycles. The summed E-state index contributed by atoms with van der Waals surface area (Å²) in [7, 11) is 0. The van der Waals surface area contributed by atoms with Crippen LogP contribution in [0.1, 0.15) is 12.0 Å². The molecular weight excluding hydrogens is 282 g/mol. The van der Waals surface area contributed by atoms with Crippen LogP contribution in [-0.4, -0.2) is 44.2 Å². The largest absolute Gasteiger partial charge is 0.314 e. The summed E-state index contributed by atoms with van der Waals surface area (Å²) >= 11 is 0. The summed E-state index contributed by atoms with van der Waals surface area (Å²) in [6.45, 7) is 7.92. The van der Waals surface area contributed by atoms with Gasteiger partial charge < -0.3 is 15.5 Å². The van der Waals surface area contributed by atoms with Crippen molar-refractivity contribution in [2.75, 3.05) is 39.3 Å². The van der Waals surface area contributed by atoms with Crippen LogP contribution < -0.4 is 10.6 Å². The molecule has 3 heteroatoms. The van der Waals surface area contributed by atoms with Gasteiger partial charge in [-0.3, -0.25) is 0 Å². The van der Waals surface area contributed by atoms with E-state index in [4.69, 9.17) is 0 Å². The highest BCUT2D eigenvalue weighted by Gasteiger charge is 2.07. The molecule has 0 saturated carbocycles. The standard InChI is InChI=1S/C20H27N3/c1-2-5-19(6-3-1)20-9-7-18(8-10-20)17-22-11-4-14-23-15-12-21-13-16-23/h1-3,5-10,21-22H,4,11-17H2. The third-order valence-corrected chi connectivity index (χ3v) is 4.43. The Bertz CT molecular complexity index is 559. The Hall–Kier alpha value is -1.68. The molecule has 0 amide bonds. The SMILES string of the molecule is c1ccc(-c2ccc(CNCCCN3CCNCC3)cc2)cc1. The molecular formula is C20H27N3. The topological polar surface area (TPSA) is 27.3 Å². The average molecular weight is 309 g/mol. The molecule has 1 aliphatic rings. The zero-order valence-electron chi connectivity index (χ0n) is 13.8. The van der Waals surface area contributed by atoms with Gasteiger partial charge in [0.15, 0.2) is 0 Å². The van der Waals surface area contributed by atoms with Crippen LogP contribution in [-0.2, 0) is 6.54 Å². The molecule has 2 N–H and O–H groups in total. The molecule has 0 radical (unpaired) electrons. The second-order valence-electron chi connectivity index (χ2n) is 6.18. The Labute approximate surface area is 139 Å². The fraction of sp³-hybridized carbons (Fsp3) is 0.400. The number of hydrogen-bond donors (Lipinski definition) is 2. The Morgan fingerprint density at radius 3 is 2.30 bits per heavy atom. The van der Waals surface area contributed by atoms with Gasteiger partial charge in [0.1, 0.15) is 0 Å². The second kappa shape index (κ2) is 8.82. The van der Waals surface area contributed by atoms with Gasteiger partial charge in [-0.25, -0.2) is 0 Å². The van der Waals surface area contributed by atoms with E-state index in [-0.39, 0.29) is 0 Å². The maximum Gasteiger partial charge on any atom is 0.0205 e.